The van der Waals surface area contributed by atoms with Crippen molar-refractivity contribution >= 4 is 17.4 Å². The zero-order valence-electron chi connectivity index (χ0n) is 15.4. The second-order valence-electron chi connectivity index (χ2n) is 6.93. The molecule has 0 saturated carbocycles. The van der Waals surface area contributed by atoms with Crippen LogP contribution in [0.2, 0.25) is 0 Å². The Morgan fingerprint density at radius 1 is 1.18 bits per heavy atom. The fourth-order valence-corrected chi connectivity index (χ4v) is 3.30. The highest BCUT2D eigenvalue weighted by atomic mass is 19.4. The summed E-state index contributed by atoms with van der Waals surface area (Å²) in [7, 11) is 0. The number of halogens is 3. The Hall–Kier alpha value is -2.77. The summed E-state index contributed by atoms with van der Waals surface area (Å²) in [4.78, 5) is 18.1. The van der Waals surface area contributed by atoms with Crippen LogP contribution in [0.5, 0.6) is 0 Å². The Kier molecular flexibility index (Phi) is 6.06. The van der Waals surface area contributed by atoms with Crippen molar-refractivity contribution in [2.75, 3.05) is 23.7 Å². The summed E-state index contributed by atoms with van der Waals surface area (Å²) in [6.07, 6.45) is -1.11. The third-order valence-electron chi connectivity index (χ3n) is 4.94. The third-order valence-corrected chi connectivity index (χ3v) is 4.94. The number of nitrogens with one attached hydrogen (secondary N) is 1. The Bertz CT molecular complexity index is 800. The van der Waals surface area contributed by atoms with Crippen molar-refractivity contribution in [3.05, 3.63) is 53.7 Å². The van der Waals surface area contributed by atoms with Crippen molar-refractivity contribution < 1.29 is 18.0 Å². The van der Waals surface area contributed by atoms with Gasteiger partial charge in [0.2, 0.25) is 5.91 Å². The van der Waals surface area contributed by atoms with Crippen molar-refractivity contribution in [3.63, 3.8) is 0 Å². The van der Waals surface area contributed by atoms with E-state index in [2.05, 4.69) is 10.3 Å². The maximum Gasteiger partial charge on any atom is 0.417 e. The molecule has 28 heavy (non-hydrogen) atoms. The molecule has 1 aliphatic heterocycles. The molecular weight excluding hydrogens is 369 g/mol. The Morgan fingerprint density at radius 2 is 1.89 bits per heavy atom. The summed E-state index contributed by atoms with van der Waals surface area (Å²) in [5.74, 6) is 0.506. The lowest BCUT2D eigenvalue weighted by Crippen LogP contribution is -2.45. The number of piperidine rings is 1. The van der Waals surface area contributed by atoms with Crippen LogP contribution in [-0.2, 0) is 17.4 Å². The maximum absolute atomic E-state index is 12.6. The minimum Gasteiger partial charge on any atom is -0.399 e. The van der Waals surface area contributed by atoms with Crippen LogP contribution in [0.1, 0.15) is 30.4 Å². The molecule has 0 unspecified atom stereocenters. The minimum atomic E-state index is -4.38. The molecule has 1 aromatic carbocycles. The van der Waals surface area contributed by atoms with Gasteiger partial charge < -0.3 is 16.0 Å². The van der Waals surface area contributed by atoms with Gasteiger partial charge in [-0.1, -0.05) is 18.2 Å². The number of amides is 1. The lowest BCUT2D eigenvalue weighted by Gasteiger charge is -2.33. The zero-order chi connectivity index (χ0) is 20.1. The number of hydrogen-bond donors (Lipinski definition) is 2. The van der Waals surface area contributed by atoms with Crippen LogP contribution in [0, 0.1) is 0 Å². The number of anilines is 2. The highest BCUT2D eigenvalue weighted by Crippen LogP contribution is 2.29. The van der Waals surface area contributed by atoms with E-state index in [1.54, 1.807) is 0 Å². The van der Waals surface area contributed by atoms with Crippen LogP contribution < -0.4 is 16.0 Å². The van der Waals surface area contributed by atoms with Crippen molar-refractivity contribution in [3.8, 4) is 0 Å². The van der Waals surface area contributed by atoms with E-state index in [0.29, 0.717) is 37.4 Å². The molecule has 1 aromatic heterocycles. The third kappa shape index (κ3) is 5.15. The molecule has 3 rings (SSSR count). The molecule has 1 aliphatic rings. The molecule has 0 aliphatic carbocycles. The summed E-state index contributed by atoms with van der Waals surface area (Å²) in [6.45, 7) is 1.27. The number of rotatable bonds is 5. The van der Waals surface area contributed by atoms with Crippen molar-refractivity contribution in [1.82, 2.24) is 10.3 Å². The topological polar surface area (TPSA) is 71.2 Å². The Balaban J connectivity index is 1.45. The number of alkyl halides is 3. The lowest BCUT2D eigenvalue weighted by molar-refractivity contribution is -0.137. The van der Waals surface area contributed by atoms with Gasteiger partial charge >= 0.3 is 6.18 Å². The molecule has 2 aromatic rings. The second-order valence-corrected chi connectivity index (χ2v) is 6.93. The maximum atomic E-state index is 12.6. The number of aryl methyl sites for hydroxylation is 1. The van der Waals surface area contributed by atoms with Crippen LogP contribution in [0.3, 0.4) is 0 Å². The number of aromatic nitrogens is 1. The molecule has 1 amide bonds. The van der Waals surface area contributed by atoms with Crippen LogP contribution in [0.4, 0.5) is 24.7 Å². The molecule has 1 saturated heterocycles. The fourth-order valence-electron chi connectivity index (χ4n) is 3.30. The van der Waals surface area contributed by atoms with Gasteiger partial charge in [0.25, 0.3) is 0 Å². The van der Waals surface area contributed by atoms with Gasteiger partial charge in [0.05, 0.1) is 5.56 Å². The van der Waals surface area contributed by atoms with E-state index < -0.39 is 11.7 Å². The number of carbonyl (C=O) groups is 1. The minimum absolute atomic E-state index is 0.0191. The smallest absolute Gasteiger partial charge is 0.399 e. The molecule has 0 radical (unpaired) electrons. The van der Waals surface area contributed by atoms with Gasteiger partial charge in [-0.05, 0) is 43.0 Å². The first-order chi connectivity index (χ1) is 13.3. The first-order valence-corrected chi connectivity index (χ1v) is 9.24. The second kappa shape index (κ2) is 8.50. The molecule has 150 valence electrons. The first kappa shape index (κ1) is 20.0. The Morgan fingerprint density at radius 3 is 2.50 bits per heavy atom. The van der Waals surface area contributed by atoms with Gasteiger partial charge in [-0.15, -0.1) is 0 Å². The van der Waals surface area contributed by atoms with E-state index in [9.17, 15) is 18.0 Å². The fraction of sp³-hybridized carbons (Fsp3) is 0.400. The highest BCUT2D eigenvalue weighted by Gasteiger charge is 2.31. The summed E-state index contributed by atoms with van der Waals surface area (Å²) < 4.78 is 37.9. The average molecular weight is 392 g/mol. The number of hydrogen-bond acceptors (Lipinski definition) is 4. The van der Waals surface area contributed by atoms with Crippen LogP contribution in [0.25, 0.3) is 0 Å². The summed E-state index contributed by atoms with van der Waals surface area (Å²) in [6, 6.07) is 9.99. The Labute approximate surface area is 161 Å². The van der Waals surface area contributed by atoms with Crippen molar-refractivity contribution in [2.24, 2.45) is 0 Å². The predicted molar refractivity (Wildman–Crippen MR) is 102 cm³/mol. The molecule has 1 fully saturated rings. The average Bonchev–Trinajstić information content (AvgIpc) is 2.67. The molecular formula is C20H23F3N4O. The van der Waals surface area contributed by atoms with Crippen molar-refractivity contribution in [2.45, 2.75) is 37.9 Å². The van der Waals surface area contributed by atoms with Crippen molar-refractivity contribution in [1.29, 1.82) is 0 Å². The quantitative estimate of drug-likeness (QED) is 0.765. The van der Waals surface area contributed by atoms with Crippen LogP contribution in [-0.4, -0.2) is 30.0 Å². The summed E-state index contributed by atoms with van der Waals surface area (Å²) in [5.41, 5.74) is 6.78. The number of nitrogens with two attached hydrogens (primary N) is 1. The standard InChI is InChI=1S/C20H23F3N4O/c21-20(22,23)15-6-7-18(25-13-15)27-11-9-16(10-12-27)26-19(28)8-5-14-3-1-2-4-17(14)24/h1-4,6-7,13,16H,5,8-12,24H2,(H,26,28). The van der Waals surface area contributed by atoms with E-state index in [4.69, 9.17) is 5.73 Å². The molecule has 8 heteroatoms. The SMILES string of the molecule is Nc1ccccc1CCC(=O)NC1CCN(c2ccc(C(F)(F)F)cn2)CC1. The van der Waals surface area contributed by atoms with Gasteiger partial charge in [0, 0.05) is 37.4 Å². The molecule has 3 N–H and O–H groups in total. The van der Waals surface area contributed by atoms with Crippen LogP contribution in [0.15, 0.2) is 42.6 Å². The lowest BCUT2D eigenvalue weighted by atomic mass is 10.0. The van der Waals surface area contributed by atoms with Gasteiger partial charge in [-0.3, -0.25) is 4.79 Å². The summed E-state index contributed by atoms with van der Waals surface area (Å²) in [5, 5.41) is 3.03. The molecule has 5 nitrogen and oxygen atoms in total. The van der Waals surface area contributed by atoms with Gasteiger partial charge in [0.1, 0.15) is 5.82 Å². The largest absolute Gasteiger partial charge is 0.417 e. The zero-order valence-corrected chi connectivity index (χ0v) is 15.4. The van der Waals surface area contributed by atoms with E-state index in [1.165, 1.54) is 6.07 Å². The number of pyridine rings is 1. The molecule has 0 spiro atoms. The normalized spacial score (nSPS) is 15.5. The number of benzene rings is 1. The number of nitrogens with zero attached hydrogens (tertiary/aromatic N) is 2. The van der Waals surface area contributed by atoms with E-state index in [-0.39, 0.29) is 11.9 Å². The molecule has 2 heterocycles. The number of para-hydroxylation sites is 1. The monoisotopic (exact) mass is 392 g/mol. The predicted octanol–water partition coefficient (Wildman–Crippen LogP) is 3.40. The van der Waals surface area contributed by atoms with E-state index >= 15 is 0 Å². The van der Waals surface area contributed by atoms with Gasteiger partial charge in [-0.2, -0.15) is 13.2 Å². The molecule has 0 bridgehead atoms. The highest BCUT2D eigenvalue weighted by molar-refractivity contribution is 5.76. The van der Waals surface area contributed by atoms with E-state index in [1.807, 2.05) is 29.2 Å². The first-order valence-electron chi connectivity index (χ1n) is 9.24. The number of carbonyl (C=O) groups excluding carboxylic acids is 1. The summed E-state index contributed by atoms with van der Waals surface area (Å²) >= 11 is 0. The van der Waals surface area contributed by atoms with Gasteiger partial charge in [0.15, 0.2) is 0 Å². The number of nitrogen functional groups attached to an aromatic ring is 1. The van der Waals surface area contributed by atoms with Crippen LogP contribution >= 0.6 is 0 Å². The molecule has 0 atom stereocenters. The van der Waals surface area contributed by atoms with Gasteiger partial charge in [-0.25, -0.2) is 4.98 Å². The van der Waals surface area contributed by atoms with E-state index in [0.717, 1.165) is 30.7 Å².